The molecule has 2 aromatic heterocycles. The third kappa shape index (κ3) is 1.87. The van der Waals surface area contributed by atoms with E-state index in [0.717, 1.165) is 11.4 Å². The molecule has 0 aliphatic carbocycles. The highest BCUT2D eigenvalue weighted by molar-refractivity contribution is 7.15. The molecule has 0 saturated carbocycles. The predicted octanol–water partition coefficient (Wildman–Crippen LogP) is 5.66. The minimum atomic E-state index is 0.929. The Morgan fingerprint density at radius 2 is 1.52 bits per heavy atom. The highest BCUT2D eigenvalue weighted by atomic mass is 32.1. The molecule has 0 bridgehead atoms. The molecule has 108 valence electrons. The Labute approximate surface area is 137 Å². The van der Waals surface area contributed by atoms with Crippen LogP contribution in [0.5, 0.6) is 0 Å². The molecule has 2 heterocycles. The van der Waals surface area contributed by atoms with E-state index in [1.807, 2.05) is 24.4 Å². The van der Waals surface area contributed by atoms with Gasteiger partial charge in [0.25, 0.3) is 0 Å². The Morgan fingerprint density at radius 1 is 0.696 bits per heavy atom. The maximum atomic E-state index is 4.70. The number of hydrogen-bond donors (Lipinski definition) is 0. The lowest BCUT2D eigenvalue weighted by Gasteiger charge is -2.05. The molecule has 5 rings (SSSR count). The third-order valence-electron chi connectivity index (χ3n) is 4.25. The molecule has 0 N–H and O–H groups in total. The Kier molecular flexibility index (Phi) is 2.69. The molecule has 0 spiro atoms. The molecular weight excluding hydrogens is 300 g/mol. The van der Waals surface area contributed by atoms with E-state index in [-0.39, 0.29) is 0 Å². The van der Waals surface area contributed by atoms with Gasteiger partial charge in [-0.1, -0.05) is 54.6 Å². The summed E-state index contributed by atoms with van der Waals surface area (Å²) in [5, 5.41) is 6.28. The van der Waals surface area contributed by atoms with Gasteiger partial charge in [0.2, 0.25) is 0 Å². The first kappa shape index (κ1) is 12.7. The van der Waals surface area contributed by atoms with Crippen LogP contribution < -0.4 is 0 Å². The van der Waals surface area contributed by atoms with Crippen molar-refractivity contribution in [3.63, 3.8) is 0 Å². The van der Waals surface area contributed by atoms with Gasteiger partial charge in [-0.2, -0.15) is 4.37 Å². The molecule has 0 radical (unpaired) electrons. The second kappa shape index (κ2) is 4.86. The number of fused-ring (bicyclic) bond motifs is 5. The zero-order chi connectivity index (χ0) is 15.2. The second-order valence-electron chi connectivity index (χ2n) is 5.57. The molecule has 0 aliphatic rings. The fourth-order valence-corrected chi connectivity index (χ4v) is 4.13. The van der Waals surface area contributed by atoms with E-state index in [9.17, 15) is 0 Å². The average Bonchev–Trinajstić information content (AvgIpc) is 3.06. The summed E-state index contributed by atoms with van der Waals surface area (Å²) >= 11 is 1.56. The first-order valence-corrected chi connectivity index (χ1v) is 8.30. The Bertz CT molecular complexity index is 1160. The van der Waals surface area contributed by atoms with Crippen LogP contribution in [0.3, 0.4) is 0 Å². The number of rotatable bonds is 1. The molecule has 0 amide bonds. The fourth-order valence-electron chi connectivity index (χ4n) is 3.17. The van der Waals surface area contributed by atoms with Crippen molar-refractivity contribution in [3.05, 3.63) is 72.9 Å². The minimum absolute atomic E-state index is 0.929. The van der Waals surface area contributed by atoms with Crippen LogP contribution in [0.15, 0.2) is 72.9 Å². The van der Waals surface area contributed by atoms with E-state index in [1.165, 1.54) is 31.6 Å². The van der Waals surface area contributed by atoms with Crippen LogP contribution in [-0.2, 0) is 0 Å². The van der Waals surface area contributed by atoms with Crippen molar-refractivity contribution in [2.75, 3.05) is 0 Å². The van der Waals surface area contributed by atoms with E-state index in [0.29, 0.717) is 0 Å². The molecule has 0 fully saturated rings. The van der Waals surface area contributed by atoms with E-state index >= 15 is 0 Å². The van der Waals surface area contributed by atoms with Crippen LogP contribution in [-0.4, -0.2) is 9.36 Å². The molecule has 0 saturated heterocycles. The van der Waals surface area contributed by atoms with E-state index < -0.39 is 0 Å². The molecule has 5 aromatic rings. The SMILES string of the molecule is c1ccc(-c2nsc3c2ccc2ccc4ccccc4c23)nc1. The van der Waals surface area contributed by atoms with Gasteiger partial charge in [-0.25, -0.2) is 0 Å². The molecule has 0 aliphatic heterocycles. The fraction of sp³-hybridized carbons (Fsp3) is 0. The normalized spacial score (nSPS) is 11.5. The Hall–Kier alpha value is -2.78. The molecule has 23 heavy (non-hydrogen) atoms. The van der Waals surface area contributed by atoms with Gasteiger partial charge >= 0.3 is 0 Å². The maximum Gasteiger partial charge on any atom is 0.110 e. The topological polar surface area (TPSA) is 25.8 Å². The molecule has 0 atom stereocenters. The standard InChI is InChI=1S/C20H12N2S/c1-2-6-15-13(5-1)8-9-14-10-11-16-19(17-7-3-4-12-21-17)22-23-20(16)18(14)15/h1-12H. The molecule has 2 nitrogen and oxygen atoms in total. The van der Waals surface area contributed by atoms with E-state index in [4.69, 9.17) is 4.37 Å². The zero-order valence-corrected chi connectivity index (χ0v) is 13.0. The molecule has 3 aromatic carbocycles. The van der Waals surface area contributed by atoms with E-state index in [1.54, 1.807) is 11.5 Å². The molecule has 3 heteroatoms. The lowest BCUT2D eigenvalue weighted by molar-refractivity contribution is 1.31. The number of hydrogen-bond acceptors (Lipinski definition) is 3. The first-order chi connectivity index (χ1) is 11.4. The quantitative estimate of drug-likeness (QED) is 0.373. The molecular formula is C20H12N2S. The number of aromatic nitrogens is 2. The van der Waals surface area contributed by atoms with Gasteiger partial charge < -0.3 is 0 Å². The summed E-state index contributed by atoms with van der Waals surface area (Å²) < 4.78 is 5.94. The predicted molar refractivity (Wildman–Crippen MR) is 97.9 cm³/mol. The van der Waals surface area contributed by atoms with Crippen LogP contribution in [0.2, 0.25) is 0 Å². The van der Waals surface area contributed by atoms with Crippen molar-refractivity contribution in [1.29, 1.82) is 0 Å². The zero-order valence-electron chi connectivity index (χ0n) is 12.2. The summed E-state index contributed by atoms with van der Waals surface area (Å²) in [7, 11) is 0. The van der Waals surface area contributed by atoms with Crippen LogP contribution in [0, 0.1) is 0 Å². The second-order valence-corrected chi connectivity index (χ2v) is 6.35. The van der Waals surface area contributed by atoms with Crippen molar-refractivity contribution < 1.29 is 0 Å². The summed E-state index contributed by atoms with van der Waals surface area (Å²) in [6.45, 7) is 0. The van der Waals surface area contributed by atoms with Crippen LogP contribution in [0.4, 0.5) is 0 Å². The summed E-state index contributed by atoms with van der Waals surface area (Å²) in [5.41, 5.74) is 1.90. The van der Waals surface area contributed by atoms with Crippen molar-refractivity contribution in [3.8, 4) is 11.4 Å². The number of pyridine rings is 1. The van der Waals surface area contributed by atoms with E-state index in [2.05, 4.69) is 53.5 Å². The molecule has 0 unspecified atom stereocenters. The van der Waals surface area contributed by atoms with Gasteiger partial charge in [0.1, 0.15) is 5.69 Å². The minimum Gasteiger partial charge on any atom is -0.255 e. The van der Waals surface area contributed by atoms with Gasteiger partial charge in [0, 0.05) is 17.0 Å². The Balaban J connectivity index is 1.94. The van der Waals surface area contributed by atoms with Crippen LogP contribution in [0.1, 0.15) is 0 Å². The average molecular weight is 312 g/mol. The lowest BCUT2D eigenvalue weighted by atomic mass is 10.00. The summed E-state index contributed by atoms with van der Waals surface area (Å²) in [4.78, 5) is 4.46. The van der Waals surface area contributed by atoms with Crippen molar-refractivity contribution in [2.45, 2.75) is 0 Å². The number of nitrogens with zero attached hydrogens (tertiary/aromatic N) is 2. The maximum absolute atomic E-state index is 4.70. The van der Waals surface area contributed by atoms with Crippen molar-refractivity contribution in [2.24, 2.45) is 0 Å². The lowest BCUT2D eigenvalue weighted by Crippen LogP contribution is -1.82. The highest BCUT2D eigenvalue weighted by Crippen LogP contribution is 2.38. The number of benzene rings is 3. The van der Waals surface area contributed by atoms with Crippen LogP contribution in [0.25, 0.3) is 43.0 Å². The van der Waals surface area contributed by atoms with Gasteiger partial charge in [-0.05, 0) is 39.8 Å². The van der Waals surface area contributed by atoms with Crippen LogP contribution >= 0.6 is 11.5 Å². The summed E-state index contributed by atoms with van der Waals surface area (Å²) in [5.74, 6) is 0. The van der Waals surface area contributed by atoms with Gasteiger partial charge in [-0.3, -0.25) is 4.98 Å². The summed E-state index contributed by atoms with van der Waals surface area (Å²) in [6, 6.07) is 23.2. The van der Waals surface area contributed by atoms with Crippen molar-refractivity contribution >= 4 is 43.2 Å². The third-order valence-corrected chi connectivity index (χ3v) is 5.13. The van der Waals surface area contributed by atoms with Gasteiger partial charge in [0.15, 0.2) is 0 Å². The summed E-state index contributed by atoms with van der Waals surface area (Å²) in [6.07, 6.45) is 1.82. The highest BCUT2D eigenvalue weighted by Gasteiger charge is 2.13. The smallest absolute Gasteiger partial charge is 0.110 e. The monoisotopic (exact) mass is 312 g/mol. The van der Waals surface area contributed by atoms with Crippen molar-refractivity contribution in [1.82, 2.24) is 9.36 Å². The van der Waals surface area contributed by atoms with Gasteiger partial charge in [0.05, 0.1) is 10.4 Å². The van der Waals surface area contributed by atoms with Gasteiger partial charge in [-0.15, -0.1) is 0 Å². The Morgan fingerprint density at radius 3 is 2.43 bits per heavy atom. The first-order valence-electron chi connectivity index (χ1n) is 7.53. The largest absolute Gasteiger partial charge is 0.255 e.